The van der Waals surface area contributed by atoms with Crippen molar-refractivity contribution in [3.05, 3.63) is 80.6 Å². The van der Waals surface area contributed by atoms with Crippen LogP contribution in [0.25, 0.3) is 22.2 Å². The first-order valence-electron chi connectivity index (χ1n) is 11.3. The number of nitrogens with one attached hydrogen (secondary N) is 1. The number of benzene rings is 1. The fourth-order valence-electron chi connectivity index (χ4n) is 3.47. The number of hydrogen-bond acceptors (Lipinski definition) is 7. The van der Waals surface area contributed by atoms with Crippen molar-refractivity contribution >= 4 is 22.2 Å². The Morgan fingerprint density at radius 1 is 1.02 bits per heavy atom. The summed E-state index contributed by atoms with van der Waals surface area (Å²) in [4.78, 5) is 42.0. The molecule has 3 N–H and O–H groups in total. The number of H-pyrrole nitrogens is 1. The van der Waals surface area contributed by atoms with Crippen molar-refractivity contribution in [3.8, 4) is 11.4 Å². The zero-order valence-corrected chi connectivity index (χ0v) is 20.4. The summed E-state index contributed by atoms with van der Waals surface area (Å²) in [6.45, 7) is 1.75. The van der Waals surface area contributed by atoms with Crippen LogP contribution < -0.4 is 16.9 Å². The molecule has 0 radical (unpaired) electrons. The molecule has 0 saturated heterocycles. The van der Waals surface area contributed by atoms with Crippen molar-refractivity contribution in [2.75, 3.05) is 5.73 Å². The van der Waals surface area contributed by atoms with Crippen molar-refractivity contribution in [2.24, 2.45) is 0 Å². The van der Waals surface area contributed by atoms with Crippen molar-refractivity contribution in [1.29, 1.82) is 0 Å². The maximum Gasteiger partial charge on any atom is 0.423 e. The van der Waals surface area contributed by atoms with E-state index in [1.54, 1.807) is 5.10 Å². The van der Waals surface area contributed by atoms with Crippen LogP contribution in [-0.4, -0.2) is 30.5 Å². The summed E-state index contributed by atoms with van der Waals surface area (Å²) in [5, 5.41) is 5.16. The van der Waals surface area contributed by atoms with E-state index < -0.39 is 46.1 Å². The van der Waals surface area contributed by atoms with E-state index in [2.05, 4.69) is 15.1 Å². The van der Waals surface area contributed by atoms with Gasteiger partial charge in [-0.2, -0.15) is 31.4 Å². The van der Waals surface area contributed by atoms with Gasteiger partial charge in [0, 0.05) is 25.0 Å². The lowest BCUT2D eigenvalue weighted by Gasteiger charge is -2.09. The molecule has 0 aliphatic heterocycles. The van der Waals surface area contributed by atoms with Gasteiger partial charge in [-0.05, 0) is 30.0 Å². The first-order chi connectivity index (χ1) is 18.6. The molecule has 1 aromatic carbocycles. The van der Waals surface area contributed by atoms with Crippen LogP contribution in [0, 0.1) is 5.82 Å². The Labute approximate surface area is 219 Å². The molecule has 4 rings (SSSR count). The average Bonchev–Trinajstić information content (AvgIpc) is 2.85. The molecule has 0 atom stereocenters. The largest absolute Gasteiger partial charge is 0.423 e. The highest BCUT2D eigenvalue weighted by Gasteiger charge is 2.36. The van der Waals surface area contributed by atoms with E-state index in [0.29, 0.717) is 30.6 Å². The number of fused-ring (bicyclic) bond motifs is 1. The summed E-state index contributed by atoms with van der Waals surface area (Å²) in [6.07, 6.45) is -5.03. The number of nitrogen functional groups attached to an aromatic ring is 1. The second-order valence-electron chi connectivity index (χ2n) is 8.28. The molecule has 0 saturated carbocycles. The first kappa shape index (κ1) is 29.9. The number of anilines is 1. The molecule has 9 nitrogen and oxygen atoms in total. The molecule has 3 heterocycles. The third-order valence-corrected chi connectivity index (χ3v) is 5.33. The van der Waals surface area contributed by atoms with Gasteiger partial charge < -0.3 is 10.3 Å². The number of ketones is 1. The van der Waals surface area contributed by atoms with Gasteiger partial charge in [-0.3, -0.25) is 14.4 Å². The van der Waals surface area contributed by atoms with E-state index in [1.165, 1.54) is 22.9 Å². The average molecular weight is 572 g/mol. The zero-order chi connectivity index (χ0) is 29.8. The number of carbonyl (C=O) groups is 1. The number of aromatic amines is 1. The number of pyridine rings is 1. The molecule has 0 fully saturated rings. The molecular formula is C24H19F7N6O3. The van der Waals surface area contributed by atoms with Gasteiger partial charge >= 0.3 is 12.4 Å². The normalized spacial score (nSPS) is 11.7. The lowest BCUT2D eigenvalue weighted by Crippen LogP contribution is -2.24. The Balaban J connectivity index is 0.000000307. The van der Waals surface area contributed by atoms with Crippen molar-refractivity contribution in [1.82, 2.24) is 24.7 Å². The quantitative estimate of drug-likeness (QED) is 0.339. The van der Waals surface area contributed by atoms with Gasteiger partial charge in [0.2, 0.25) is 0 Å². The number of halogens is 7. The number of nitrogens with two attached hydrogens (primary N) is 1. The molecule has 0 aliphatic rings. The third kappa shape index (κ3) is 6.86. The Morgan fingerprint density at radius 2 is 1.68 bits per heavy atom. The minimum atomic E-state index is -4.74. The number of rotatable bonds is 5. The summed E-state index contributed by atoms with van der Waals surface area (Å²) >= 11 is 0. The van der Waals surface area contributed by atoms with E-state index in [0.717, 1.165) is 12.3 Å². The van der Waals surface area contributed by atoms with Gasteiger partial charge in [-0.15, -0.1) is 0 Å². The Morgan fingerprint density at radius 3 is 2.20 bits per heavy atom. The molecule has 0 amide bonds. The molecular weight excluding hydrogens is 553 g/mol. The second-order valence-corrected chi connectivity index (χ2v) is 8.28. The first-order valence-corrected chi connectivity index (χ1v) is 11.3. The van der Waals surface area contributed by atoms with Gasteiger partial charge in [-0.25, -0.2) is 19.5 Å². The molecule has 0 aliphatic carbocycles. The topological polar surface area (TPSA) is 137 Å². The number of Topliss-reactive ketones (excluding diaryl/α,β-unsaturated/α-hetero) is 1. The zero-order valence-electron chi connectivity index (χ0n) is 20.4. The molecule has 40 heavy (non-hydrogen) atoms. The SMILES string of the molecule is CCCC(=O)Cn1ccc2cc(-c3ncc(C(F)(F)F)cn3)c(F)cc2c1=O.Nc1cn[nH]c(=O)c1C(F)(F)F. The van der Waals surface area contributed by atoms with Crippen molar-refractivity contribution in [3.63, 3.8) is 0 Å². The van der Waals surface area contributed by atoms with Crippen LogP contribution in [0.15, 0.2) is 52.6 Å². The molecule has 16 heteroatoms. The Kier molecular flexibility index (Phi) is 8.70. The molecule has 0 bridgehead atoms. The number of hydrogen-bond donors (Lipinski definition) is 2. The monoisotopic (exact) mass is 572 g/mol. The summed E-state index contributed by atoms with van der Waals surface area (Å²) in [5.41, 5.74) is -0.202. The van der Waals surface area contributed by atoms with E-state index in [4.69, 9.17) is 5.73 Å². The number of nitrogens with zero attached hydrogens (tertiary/aromatic N) is 4. The van der Waals surface area contributed by atoms with Gasteiger partial charge in [0.1, 0.15) is 11.4 Å². The van der Waals surface area contributed by atoms with Gasteiger partial charge in [0.15, 0.2) is 11.6 Å². The lowest BCUT2D eigenvalue weighted by molar-refractivity contribution is -0.138. The fraction of sp³-hybridized carbons (Fsp3) is 0.250. The lowest BCUT2D eigenvalue weighted by atomic mass is 10.1. The van der Waals surface area contributed by atoms with Crippen LogP contribution in [0.4, 0.5) is 36.4 Å². The van der Waals surface area contributed by atoms with E-state index in [9.17, 15) is 45.1 Å². The van der Waals surface area contributed by atoms with Crippen LogP contribution in [-0.2, 0) is 23.7 Å². The summed E-state index contributed by atoms with van der Waals surface area (Å²) in [6, 6.07) is 3.81. The summed E-state index contributed by atoms with van der Waals surface area (Å²) < 4.78 is 89.5. The predicted octanol–water partition coefficient (Wildman–Crippen LogP) is 4.36. The van der Waals surface area contributed by atoms with Crippen molar-refractivity contribution < 1.29 is 35.5 Å². The van der Waals surface area contributed by atoms with Crippen LogP contribution in [0.5, 0.6) is 0 Å². The highest BCUT2D eigenvalue weighted by atomic mass is 19.4. The number of aromatic nitrogens is 5. The molecule has 212 valence electrons. The Hall–Kier alpha value is -4.63. The standard InChI is InChI=1S/C19H15F4N3O2.C5H4F3N3O/c1-2-3-13(27)10-26-5-4-11-6-15(16(20)7-14(11)18(26)28)17-24-8-12(9-25-17)19(21,22)23;6-5(7,8)3-2(9)1-10-11-4(3)12/h4-9H,2-3,10H2,1H3;1H,(H3,9,11,12). The van der Waals surface area contributed by atoms with Crippen LogP contribution in [0.2, 0.25) is 0 Å². The molecule has 0 unspecified atom stereocenters. The Bertz CT molecular complexity index is 1650. The maximum atomic E-state index is 14.5. The highest BCUT2D eigenvalue weighted by molar-refractivity contribution is 5.86. The van der Waals surface area contributed by atoms with Crippen molar-refractivity contribution in [2.45, 2.75) is 38.7 Å². The number of alkyl halides is 6. The maximum absolute atomic E-state index is 14.5. The van der Waals surface area contributed by atoms with Crippen LogP contribution >= 0.6 is 0 Å². The summed E-state index contributed by atoms with van der Waals surface area (Å²) in [5.74, 6) is -1.18. The van der Waals surface area contributed by atoms with Gasteiger partial charge in [0.05, 0.1) is 34.9 Å². The highest BCUT2D eigenvalue weighted by Crippen LogP contribution is 2.30. The third-order valence-electron chi connectivity index (χ3n) is 5.33. The fourth-order valence-corrected chi connectivity index (χ4v) is 3.47. The van der Waals surface area contributed by atoms with Crippen LogP contribution in [0.3, 0.4) is 0 Å². The number of carbonyl (C=O) groups excluding carboxylic acids is 1. The van der Waals surface area contributed by atoms with E-state index in [-0.39, 0.29) is 29.1 Å². The smallest absolute Gasteiger partial charge is 0.397 e. The van der Waals surface area contributed by atoms with Crippen LogP contribution in [0.1, 0.15) is 30.9 Å². The molecule has 0 spiro atoms. The minimum absolute atomic E-state index is 0.0555. The van der Waals surface area contributed by atoms with Gasteiger partial charge in [-0.1, -0.05) is 6.92 Å². The molecule has 4 aromatic rings. The minimum Gasteiger partial charge on any atom is -0.397 e. The van der Waals surface area contributed by atoms with Gasteiger partial charge in [0.25, 0.3) is 11.1 Å². The van der Waals surface area contributed by atoms with E-state index >= 15 is 0 Å². The predicted molar refractivity (Wildman–Crippen MR) is 128 cm³/mol. The molecule has 3 aromatic heterocycles. The second kappa shape index (κ2) is 11.6. The summed E-state index contributed by atoms with van der Waals surface area (Å²) in [7, 11) is 0. The van der Waals surface area contributed by atoms with E-state index in [1.807, 2.05) is 6.92 Å².